The highest BCUT2D eigenvalue weighted by atomic mass is 35.5. The SMILES string of the molecule is Cc1ccc(C(=O)N(C)C2CCCNCC2)s1.Cl. The molecule has 1 saturated heterocycles. The van der Waals surface area contributed by atoms with Crippen molar-refractivity contribution in [2.45, 2.75) is 32.2 Å². The third kappa shape index (κ3) is 3.70. The van der Waals surface area contributed by atoms with Crippen molar-refractivity contribution >= 4 is 29.7 Å². The third-order valence-corrected chi connectivity index (χ3v) is 4.35. The van der Waals surface area contributed by atoms with E-state index in [1.54, 1.807) is 11.3 Å². The van der Waals surface area contributed by atoms with Gasteiger partial charge in [0.25, 0.3) is 5.91 Å². The summed E-state index contributed by atoms with van der Waals surface area (Å²) in [6, 6.07) is 4.34. The summed E-state index contributed by atoms with van der Waals surface area (Å²) in [6.45, 7) is 4.14. The average Bonchev–Trinajstić information content (AvgIpc) is 2.60. The van der Waals surface area contributed by atoms with Crippen LogP contribution >= 0.6 is 23.7 Å². The number of hydrogen-bond acceptors (Lipinski definition) is 3. The van der Waals surface area contributed by atoms with Crippen LogP contribution in [0.3, 0.4) is 0 Å². The Kier molecular flexibility index (Phi) is 6.12. The van der Waals surface area contributed by atoms with E-state index in [0.717, 1.165) is 37.2 Å². The Labute approximate surface area is 119 Å². The summed E-state index contributed by atoms with van der Waals surface area (Å²) < 4.78 is 0. The number of nitrogens with zero attached hydrogens (tertiary/aromatic N) is 1. The fourth-order valence-electron chi connectivity index (χ4n) is 2.28. The maximum absolute atomic E-state index is 12.3. The van der Waals surface area contributed by atoms with E-state index in [0.29, 0.717) is 6.04 Å². The quantitative estimate of drug-likeness (QED) is 0.907. The monoisotopic (exact) mass is 288 g/mol. The third-order valence-electron chi connectivity index (χ3n) is 3.36. The van der Waals surface area contributed by atoms with E-state index in [4.69, 9.17) is 0 Å². The van der Waals surface area contributed by atoms with Gasteiger partial charge in [-0.05, 0) is 51.4 Å². The maximum atomic E-state index is 12.3. The molecule has 3 nitrogen and oxygen atoms in total. The molecule has 1 amide bonds. The molecule has 0 saturated carbocycles. The molecule has 0 bridgehead atoms. The van der Waals surface area contributed by atoms with Gasteiger partial charge in [0.1, 0.15) is 0 Å². The Morgan fingerprint density at radius 1 is 1.39 bits per heavy atom. The average molecular weight is 289 g/mol. The molecule has 2 rings (SSSR count). The fourth-order valence-corrected chi connectivity index (χ4v) is 3.13. The van der Waals surface area contributed by atoms with E-state index in [1.165, 1.54) is 4.88 Å². The summed E-state index contributed by atoms with van der Waals surface area (Å²) in [7, 11) is 1.94. The molecule has 1 aromatic rings. The van der Waals surface area contributed by atoms with E-state index < -0.39 is 0 Å². The Hall–Kier alpha value is -0.580. The summed E-state index contributed by atoms with van der Waals surface area (Å²) in [5.41, 5.74) is 0. The second kappa shape index (κ2) is 7.12. The molecule has 0 radical (unpaired) electrons. The summed E-state index contributed by atoms with van der Waals surface area (Å²) in [6.07, 6.45) is 3.33. The van der Waals surface area contributed by atoms with Crippen LogP contribution < -0.4 is 5.32 Å². The molecule has 1 unspecified atom stereocenters. The van der Waals surface area contributed by atoms with Crippen molar-refractivity contribution < 1.29 is 4.79 Å². The smallest absolute Gasteiger partial charge is 0.263 e. The largest absolute Gasteiger partial charge is 0.338 e. The molecular formula is C13H21ClN2OS. The van der Waals surface area contributed by atoms with Crippen molar-refractivity contribution in [3.63, 3.8) is 0 Å². The Balaban J connectivity index is 0.00000162. The van der Waals surface area contributed by atoms with Gasteiger partial charge in [-0.3, -0.25) is 4.79 Å². The van der Waals surface area contributed by atoms with Crippen molar-refractivity contribution in [2.75, 3.05) is 20.1 Å². The summed E-state index contributed by atoms with van der Waals surface area (Å²) in [5.74, 6) is 0.176. The normalized spacial score (nSPS) is 19.8. The number of thiophene rings is 1. The van der Waals surface area contributed by atoms with Crippen LogP contribution in [0.2, 0.25) is 0 Å². The lowest BCUT2D eigenvalue weighted by Gasteiger charge is -2.26. The van der Waals surface area contributed by atoms with Crippen molar-refractivity contribution in [1.29, 1.82) is 0 Å². The molecule has 1 aliphatic heterocycles. The second-order valence-corrected chi connectivity index (χ2v) is 5.95. The number of nitrogens with one attached hydrogen (secondary N) is 1. The minimum atomic E-state index is 0. The topological polar surface area (TPSA) is 32.3 Å². The minimum Gasteiger partial charge on any atom is -0.338 e. The van der Waals surface area contributed by atoms with Crippen LogP contribution in [0.5, 0.6) is 0 Å². The number of halogens is 1. The van der Waals surface area contributed by atoms with Crippen molar-refractivity contribution in [3.05, 3.63) is 21.9 Å². The van der Waals surface area contributed by atoms with Crippen molar-refractivity contribution in [2.24, 2.45) is 0 Å². The molecule has 5 heteroatoms. The van der Waals surface area contributed by atoms with Crippen molar-refractivity contribution in [1.82, 2.24) is 10.2 Å². The number of amides is 1. The van der Waals surface area contributed by atoms with Gasteiger partial charge in [-0.1, -0.05) is 0 Å². The Morgan fingerprint density at radius 3 is 2.83 bits per heavy atom. The highest BCUT2D eigenvalue weighted by Crippen LogP contribution is 2.20. The molecule has 1 fully saturated rings. The van der Waals surface area contributed by atoms with Gasteiger partial charge in [-0.25, -0.2) is 0 Å². The molecule has 0 aliphatic carbocycles. The number of rotatable bonds is 2. The first-order valence-corrected chi connectivity index (χ1v) is 7.04. The number of carbonyl (C=O) groups is 1. The first-order valence-electron chi connectivity index (χ1n) is 6.23. The van der Waals surface area contributed by atoms with Crippen molar-refractivity contribution in [3.8, 4) is 0 Å². The van der Waals surface area contributed by atoms with E-state index in [1.807, 2.05) is 31.0 Å². The van der Waals surface area contributed by atoms with Gasteiger partial charge >= 0.3 is 0 Å². The fraction of sp³-hybridized carbons (Fsp3) is 0.615. The molecule has 1 aliphatic rings. The van der Waals surface area contributed by atoms with Gasteiger partial charge in [-0.15, -0.1) is 23.7 Å². The highest BCUT2D eigenvalue weighted by molar-refractivity contribution is 7.13. The Morgan fingerprint density at radius 2 is 2.17 bits per heavy atom. The molecule has 0 spiro atoms. The lowest BCUT2D eigenvalue weighted by Crippen LogP contribution is -2.37. The zero-order valence-corrected chi connectivity index (χ0v) is 12.6. The van der Waals surface area contributed by atoms with Crippen LogP contribution in [0.15, 0.2) is 12.1 Å². The zero-order valence-electron chi connectivity index (χ0n) is 10.9. The van der Waals surface area contributed by atoms with Crippen LogP contribution in [0.25, 0.3) is 0 Å². The highest BCUT2D eigenvalue weighted by Gasteiger charge is 2.22. The molecular weight excluding hydrogens is 268 g/mol. The van der Waals surface area contributed by atoms with E-state index in [2.05, 4.69) is 5.32 Å². The lowest BCUT2D eigenvalue weighted by molar-refractivity contribution is 0.0725. The minimum absolute atomic E-state index is 0. The maximum Gasteiger partial charge on any atom is 0.263 e. The van der Waals surface area contributed by atoms with Gasteiger partial charge in [-0.2, -0.15) is 0 Å². The zero-order chi connectivity index (χ0) is 12.3. The molecule has 2 heterocycles. The number of carbonyl (C=O) groups excluding carboxylic acids is 1. The molecule has 1 aromatic heterocycles. The summed E-state index contributed by atoms with van der Waals surface area (Å²) in [5, 5.41) is 3.38. The van der Waals surface area contributed by atoms with E-state index >= 15 is 0 Å². The van der Waals surface area contributed by atoms with Crippen LogP contribution in [-0.4, -0.2) is 37.0 Å². The van der Waals surface area contributed by atoms with Crippen LogP contribution in [0.1, 0.15) is 33.8 Å². The van der Waals surface area contributed by atoms with Gasteiger partial charge in [0.05, 0.1) is 4.88 Å². The molecule has 102 valence electrons. The Bertz CT molecular complexity index is 386. The second-order valence-electron chi connectivity index (χ2n) is 4.66. The first kappa shape index (κ1) is 15.5. The first-order chi connectivity index (χ1) is 8.18. The predicted octanol–water partition coefficient (Wildman–Crippen LogP) is 2.69. The van der Waals surface area contributed by atoms with E-state index in [-0.39, 0.29) is 18.3 Å². The van der Waals surface area contributed by atoms with Crippen LogP contribution in [0.4, 0.5) is 0 Å². The van der Waals surface area contributed by atoms with Gasteiger partial charge in [0, 0.05) is 18.0 Å². The molecule has 1 atom stereocenters. The predicted molar refractivity (Wildman–Crippen MR) is 78.9 cm³/mol. The molecule has 1 N–H and O–H groups in total. The van der Waals surface area contributed by atoms with Gasteiger partial charge in [0.2, 0.25) is 0 Å². The summed E-state index contributed by atoms with van der Waals surface area (Å²) >= 11 is 1.59. The van der Waals surface area contributed by atoms with Gasteiger partial charge in [0.15, 0.2) is 0 Å². The number of hydrogen-bond donors (Lipinski definition) is 1. The van der Waals surface area contributed by atoms with Gasteiger partial charge < -0.3 is 10.2 Å². The lowest BCUT2D eigenvalue weighted by atomic mass is 10.1. The van der Waals surface area contributed by atoms with E-state index in [9.17, 15) is 4.79 Å². The van der Waals surface area contributed by atoms with Crippen LogP contribution in [-0.2, 0) is 0 Å². The standard InChI is InChI=1S/C13H20N2OS.ClH/c1-10-5-6-12(17-10)13(16)15(2)11-4-3-8-14-9-7-11;/h5-6,11,14H,3-4,7-9H2,1-2H3;1H. The summed E-state index contributed by atoms with van der Waals surface area (Å²) in [4.78, 5) is 16.3. The van der Waals surface area contributed by atoms with Crippen LogP contribution in [0, 0.1) is 6.92 Å². The molecule has 18 heavy (non-hydrogen) atoms. The molecule has 0 aromatic carbocycles. The number of aryl methyl sites for hydroxylation is 1.